The van der Waals surface area contributed by atoms with Gasteiger partial charge in [-0.15, -0.1) is 11.3 Å². The molecule has 14 heavy (non-hydrogen) atoms. The topological polar surface area (TPSA) is 75.3 Å². The summed E-state index contributed by atoms with van der Waals surface area (Å²) in [5.41, 5.74) is 4.89. The van der Waals surface area contributed by atoms with Gasteiger partial charge in [0.15, 0.2) is 0 Å². The van der Waals surface area contributed by atoms with Crippen molar-refractivity contribution in [1.82, 2.24) is 5.32 Å². The third kappa shape index (κ3) is 3.45. The van der Waals surface area contributed by atoms with E-state index in [4.69, 9.17) is 10.8 Å². The summed E-state index contributed by atoms with van der Waals surface area (Å²) in [6, 6.07) is 4.05. The SMILES string of the molecule is Cc1ccc(CNCC(O)C(N)=O)s1. The second kappa shape index (κ2) is 5.09. The van der Waals surface area contributed by atoms with Crippen molar-refractivity contribution in [2.24, 2.45) is 5.73 Å². The number of aryl methyl sites for hydroxylation is 1. The molecule has 1 aromatic heterocycles. The molecule has 1 amide bonds. The van der Waals surface area contributed by atoms with Gasteiger partial charge in [0, 0.05) is 22.8 Å². The van der Waals surface area contributed by atoms with Gasteiger partial charge in [0.2, 0.25) is 5.91 Å². The molecule has 0 aliphatic carbocycles. The van der Waals surface area contributed by atoms with Crippen LogP contribution in [0.1, 0.15) is 9.75 Å². The molecule has 0 aliphatic heterocycles. The molecule has 0 fully saturated rings. The fourth-order valence-corrected chi connectivity index (χ4v) is 1.87. The minimum atomic E-state index is -1.10. The number of hydrogen-bond donors (Lipinski definition) is 3. The lowest BCUT2D eigenvalue weighted by Gasteiger charge is -2.06. The Morgan fingerprint density at radius 2 is 2.43 bits per heavy atom. The molecule has 1 rings (SSSR count). The highest BCUT2D eigenvalue weighted by atomic mass is 32.1. The molecule has 0 radical (unpaired) electrons. The van der Waals surface area contributed by atoms with Crippen molar-refractivity contribution in [2.45, 2.75) is 19.6 Å². The summed E-state index contributed by atoms with van der Waals surface area (Å²) in [7, 11) is 0. The highest BCUT2D eigenvalue weighted by Crippen LogP contribution is 2.14. The number of nitrogens with two attached hydrogens (primary N) is 1. The standard InChI is InChI=1S/C9H14N2O2S/c1-6-2-3-7(14-6)4-11-5-8(12)9(10)13/h2-3,8,11-12H,4-5H2,1H3,(H2,10,13). The molecule has 78 valence electrons. The number of rotatable bonds is 5. The molecule has 5 heteroatoms. The van der Waals surface area contributed by atoms with E-state index in [0.717, 1.165) is 0 Å². The molecule has 1 unspecified atom stereocenters. The molecule has 1 atom stereocenters. The molecule has 0 saturated heterocycles. The number of nitrogens with one attached hydrogen (secondary N) is 1. The van der Waals surface area contributed by atoms with Crippen LogP contribution in [-0.4, -0.2) is 23.7 Å². The Hall–Kier alpha value is -0.910. The lowest BCUT2D eigenvalue weighted by molar-refractivity contribution is -0.125. The van der Waals surface area contributed by atoms with Crippen LogP contribution in [0.25, 0.3) is 0 Å². The Morgan fingerprint density at radius 3 is 2.93 bits per heavy atom. The van der Waals surface area contributed by atoms with Crippen LogP contribution >= 0.6 is 11.3 Å². The summed E-state index contributed by atoms with van der Waals surface area (Å²) in [4.78, 5) is 12.9. The van der Waals surface area contributed by atoms with Crippen LogP contribution in [-0.2, 0) is 11.3 Å². The van der Waals surface area contributed by atoms with E-state index in [2.05, 4.69) is 5.32 Å². The van der Waals surface area contributed by atoms with E-state index in [0.29, 0.717) is 6.54 Å². The quantitative estimate of drug-likeness (QED) is 0.645. The van der Waals surface area contributed by atoms with Crippen molar-refractivity contribution >= 4 is 17.2 Å². The minimum absolute atomic E-state index is 0.201. The fourth-order valence-electron chi connectivity index (χ4n) is 1.01. The third-order valence-corrected chi connectivity index (χ3v) is 2.76. The van der Waals surface area contributed by atoms with Crippen LogP contribution < -0.4 is 11.1 Å². The zero-order valence-corrected chi connectivity index (χ0v) is 8.80. The monoisotopic (exact) mass is 214 g/mol. The number of hydrogen-bond acceptors (Lipinski definition) is 4. The molecule has 0 saturated carbocycles. The summed E-state index contributed by atoms with van der Waals surface area (Å²) in [5.74, 6) is -0.695. The Balaban J connectivity index is 2.25. The van der Waals surface area contributed by atoms with Gasteiger partial charge in [-0.25, -0.2) is 0 Å². The highest BCUT2D eigenvalue weighted by molar-refractivity contribution is 7.11. The van der Waals surface area contributed by atoms with E-state index in [9.17, 15) is 4.79 Å². The van der Waals surface area contributed by atoms with Gasteiger partial charge in [0.05, 0.1) is 0 Å². The van der Waals surface area contributed by atoms with Gasteiger partial charge in [-0.2, -0.15) is 0 Å². The maximum atomic E-state index is 10.5. The Bertz CT molecular complexity index is 312. The van der Waals surface area contributed by atoms with Gasteiger partial charge < -0.3 is 16.2 Å². The number of carbonyl (C=O) groups is 1. The van der Waals surface area contributed by atoms with E-state index in [1.165, 1.54) is 9.75 Å². The van der Waals surface area contributed by atoms with Crippen LogP contribution in [0.3, 0.4) is 0 Å². The maximum absolute atomic E-state index is 10.5. The number of carbonyl (C=O) groups excluding carboxylic acids is 1. The number of thiophene rings is 1. The van der Waals surface area contributed by atoms with Crippen molar-refractivity contribution in [1.29, 1.82) is 0 Å². The van der Waals surface area contributed by atoms with Crippen LogP contribution in [0.15, 0.2) is 12.1 Å². The highest BCUT2D eigenvalue weighted by Gasteiger charge is 2.09. The average Bonchev–Trinajstić information content (AvgIpc) is 2.51. The van der Waals surface area contributed by atoms with Crippen LogP contribution in [0.4, 0.5) is 0 Å². The second-order valence-corrected chi connectivity index (χ2v) is 4.43. The van der Waals surface area contributed by atoms with Gasteiger partial charge >= 0.3 is 0 Å². The van der Waals surface area contributed by atoms with Crippen LogP contribution in [0.5, 0.6) is 0 Å². The molecule has 0 bridgehead atoms. The first-order valence-electron chi connectivity index (χ1n) is 4.33. The zero-order valence-electron chi connectivity index (χ0n) is 7.99. The normalized spacial score (nSPS) is 12.7. The van der Waals surface area contributed by atoms with Crippen molar-refractivity contribution < 1.29 is 9.90 Å². The molecular formula is C9H14N2O2S. The number of aliphatic hydroxyl groups is 1. The molecular weight excluding hydrogens is 200 g/mol. The fraction of sp³-hybridized carbons (Fsp3) is 0.444. The maximum Gasteiger partial charge on any atom is 0.247 e. The second-order valence-electron chi connectivity index (χ2n) is 3.06. The number of amides is 1. The number of primary amides is 1. The Morgan fingerprint density at radius 1 is 1.71 bits per heavy atom. The van der Waals surface area contributed by atoms with E-state index in [-0.39, 0.29) is 6.54 Å². The molecule has 0 aliphatic rings. The van der Waals surface area contributed by atoms with Gasteiger partial charge in [-0.3, -0.25) is 4.79 Å². The zero-order chi connectivity index (χ0) is 10.6. The largest absolute Gasteiger partial charge is 0.382 e. The number of aliphatic hydroxyl groups excluding tert-OH is 1. The van der Waals surface area contributed by atoms with E-state index < -0.39 is 12.0 Å². The summed E-state index contributed by atoms with van der Waals surface area (Å²) >= 11 is 1.69. The van der Waals surface area contributed by atoms with Crippen LogP contribution in [0.2, 0.25) is 0 Å². The van der Waals surface area contributed by atoms with E-state index >= 15 is 0 Å². The van der Waals surface area contributed by atoms with E-state index in [1.54, 1.807) is 11.3 Å². The summed E-state index contributed by atoms with van der Waals surface area (Å²) in [6.07, 6.45) is -1.10. The van der Waals surface area contributed by atoms with Crippen molar-refractivity contribution in [3.8, 4) is 0 Å². The van der Waals surface area contributed by atoms with Gasteiger partial charge in [-0.05, 0) is 19.1 Å². The van der Waals surface area contributed by atoms with Gasteiger partial charge in [0.25, 0.3) is 0 Å². The summed E-state index contributed by atoms with van der Waals surface area (Å²) in [6.45, 7) is 2.89. The van der Waals surface area contributed by atoms with Crippen molar-refractivity contribution in [3.05, 3.63) is 21.9 Å². The Labute approximate surface area is 86.7 Å². The first-order valence-corrected chi connectivity index (χ1v) is 5.14. The molecule has 4 N–H and O–H groups in total. The van der Waals surface area contributed by atoms with Gasteiger partial charge in [0.1, 0.15) is 6.10 Å². The Kier molecular flexibility index (Phi) is 4.06. The smallest absolute Gasteiger partial charge is 0.247 e. The third-order valence-electron chi connectivity index (χ3n) is 1.76. The predicted octanol–water partition coefficient (Wildman–Crippen LogP) is -0.00768. The van der Waals surface area contributed by atoms with Crippen molar-refractivity contribution in [3.63, 3.8) is 0 Å². The van der Waals surface area contributed by atoms with Gasteiger partial charge in [-0.1, -0.05) is 0 Å². The molecule has 0 aromatic carbocycles. The summed E-state index contributed by atoms with van der Waals surface area (Å²) < 4.78 is 0. The lowest BCUT2D eigenvalue weighted by Crippen LogP contribution is -2.37. The average molecular weight is 214 g/mol. The molecule has 0 spiro atoms. The molecule has 1 heterocycles. The lowest BCUT2D eigenvalue weighted by atomic mass is 10.3. The first kappa shape index (κ1) is 11.2. The summed E-state index contributed by atoms with van der Waals surface area (Å²) in [5, 5.41) is 12.0. The van der Waals surface area contributed by atoms with Crippen LogP contribution in [0, 0.1) is 6.92 Å². The van der Waals surface area contributed by atoms with E-state index in [1.807, 2.05) is 19.1 Å². The van der Waals surface area contributed by atoms with Crippen molar-refractivity contribution in [2.75, 3.05) is 6.54 Å². The molecule has 1 aromatic rings. The first-order chi connectivity index (χ1) is 6.59. The predicted molar refractivity (Wildman–Crippen MR) is 56.0 cm³/mol. The minimum Gasteiger partial charge on any atom is -0.382 e. The molecule has 4 nitrogen and oxygen atoms in total.